The Labute approximate surface area is 392 Å². The molecule has 0 heterocycles. The molecule has 0 fully saturated rings. The number of hydrogen-bond donors (Lipinski definition) is 9. The Balaban J connectivity index is -0.000000169. The summed E-state index contributed by atoms with van der Waals surface area (Å²) in [6.45, 7) is 10.9. The van der Waals surface area contributed by atoms with Crippen molar-refractivity contribution >= 4 is 88.4 Å². The quantitative estimate of drug-likeness (QED) is 0.0571. The number of aliphatic carboxylic acids is 8. The zero-order chi connectivity index (χ0) is 55.6. The van der Waals surface area contributed by atoms with Crippen molar-refractivity contribution in [2.45, 2.75) is 68.2 Å². The second-order valence-corrected chi connectivity index (χ2v) is 12.4. The molecule has 0 saturated carbocycles. The van der Waals surface area contributed by atoms with Crippen LogP contribution < -0.4 is 0 Å². The Kier molecular flexibility index (Phi) is 44.0. The molecular weight excluding hydrogens is 924 g/mol. The van der Waals surface area contributed by atoms with E-state index in [4.69, 9.17) is 46.0 Å². The average Bonchev–Trinajstić information content (AvgIpc) is 3.18. The third-order valence-electron chi connectivity index (χ3n) is 5.77. The van der Waals surface area contributed by atoms with E-state index in [1.165, 1.54) is 104 Å². The Morgan fingerprint density at radius 2 is 0.783 bits per heavy atom. The van der Waals surface area contributed by atoms with Gasteiger partial charge in [-0.15, -0.1) is 0 Å². The SMILES string of the molecule is CC(=O)/C=C(/C)C(=O)O.CC(=O)/C=C(\C)C(=O)O.CC(=O)/C=C/C=C/C(=O)O.CC(=O)/C=C\C(=O)O.CC(=O)C/C=C/C(=O)O.CC(=O)c1ccc(C(=O)O)cc1.O=C(O)/C=C(/CC(=O)O)C(=O)O. The van der Waals surface area contributed by atoms with Crippen LogP contribution in [0.25, 0.3) is 0 Å². The molecule has 0 aromatic heterocycles. The monoisotopic (exact) mass is 976 g/mol. The van der Waals surface area contributed by atoms with Crippen molar-refractivity contribution in [2.24, 2.45) is 0 Å². The molecule has 0 atom stereocenters. The van der Waals surface area contributed by atoms with Crippen LogP contribution in [0.5, 0.6) is 0 Å². The van der Waals surface area contributed by atoms with Gasteiger partial charge in [0.05, 0.1) is 17.6 Å². The lowest BCUT2D eigenvalue weighted by molar-refractivity contribution is -0.140. The summed E-state index contributed by atoms with van der Waals surface area (Å²) < 4.78 is 0. The summed E-state index contributed by atoms with van der Waals surface area (Å²) in [5, 5.41) is 73.5. The van der Waals surface area contributed by atoms with Gasteiger partial charge in [0, 0.05) is 47.4 Å². The van der Waals surface area contributed by atoms with E-state index in [9.17, 15) is 71.9 Å². The third kappa shape index (κ3) is 63.0. The van der Waals surface area contributed by atoms with Crippen LogP contribution >= 0.6 is 0 Å². The number of allylic oxidation sites excluding steroid dienone is 7. The van der Waals surface area contributed by atoms with Gasteiger partial charge in [-0.05, 0) is 91.8 Å². The first-order valence-corrected chi connectivity index (χ1v) is 18.5. The third-order valence-corrected chi connectivity index (χ3v) is 5.77. The van der Waals surface area contributed by atoms with Gasteiger partial charge in [-0.1, -0.05) is 30.4 Å². The average molecular weight is 977 g/mol. The van der Waals surface area contributed by atoms with Crippen LogP contribution in [0, 0.1) is 0 Å². The Hall–Kier alpha value is -9.35. The number of ketones is 6. The first kappa shape index (κ1) is 71.3. The van der Waals surface area contributed by atoms with Crippen molar-refractivity contribution in [2.75, 3.05) is 0 Å². The number of benzene rings is 1. The smallest absolute Gasteiger partial charge is 0.335 e. The van der Waals surface area contributed by atoms with Gasteiger partial charge in [-0.25, -0.2) is 38.4 Å². The lowest BCUT2D eigenvalue weighted by atomic mass is 10.1. The number of rotatable bonds is 18. The maximum atomic E-state index is 10.8. The molecule has 0 aliphatic heterocycles. The van der Waals surface area contributed by atoms with Crippen molar-refractivity contribution in [3.63, 3.8) is 0 Å². The fourth-order valence-corrected chi connectivity index (χ4v) is 2.92. The fourth-order valence-electron chi connectivity index (χ4n) is 2.92. The summed E-state index contributed by atoms with van der Waals surface area (Å²) in [4.78, 5) is 151. The number of hydrogen-bond acceptors (Lipinski definition) is 15. The minimum atomic E-state index is -1.54. The second-order valence-electron chi connectivity index (χ2n) is 12.4. The Bertz CT molecular complexity index is 2130. The second kappa shape index (κ2) is 42.6. The molecule has 1 aromatic rings. The van der Waals surface area contributed by atoms with Crippen LogP contribution in [0.15, 0.2) is 108 Å². The molecule has 24 nitrogen and oxygen atoms in total. The molecule has 69 heavy (non-hydrogen) atoms. The molecule has 0 spiro atoms. The van der Waals surface area contributed by atoms with E-state index in [-0.39, 0.29) is 57.8 Å². The first-order chi connectivity index (χ1) is 31.5. The Morgan fingerprint density at radius 3 is 1.01 bits per heavy atom. The molecule has 9 N–H and O–H groups in total. The maximum Gasteiger partial charge on any atom is 0.335 e. The highest BCUT2D eigenvalue weighted by Crippen LogP contribution is 2.05. The molecule has 0 bridgehead atoms. The molecule has 0 saturated heterocycles. The molecule has 1 aromatic carbocycles. The van der Waals surface area contributed by atoms with E-state index < -0.39 is 65.7 Å². The maximum absolute atomic E-state index is 10.8. The number of Topliss-reactive ketones (excluding diaryl/α,β-unsaturated/α-hetero) is 2. The molecule has 376 valence electrons. The lowest BCUT2D eigenvalue weighted by Crippen LogP contribution is -2.08. The van der Waals surface area contributed by atoms with Gasteiger partial charge in [0.1, 0.15) is 5.78 Å². The molecule has 0 unspecified atom stereocenters. The molecule has 24 heteroatoms. The minimum absolute atomic E-state index is 0.0347. The standard InChI is InChI=1S/C9H8O3.C7H8O3.C6H6O6.3C6H8O3.C5H6O3/c1-6(10)7-2-4-8(5-3-7)9(11)12;1-6(8)4-2-3-5-7(9)10;7-4(8)1-3(6(11)12)2-5(9)10;2*1-4(6(8)9)3-5(2)7;1-5(7)3-2-4-6(8)9;1-4(6)2-3-5(7)8/h2-5H,1H3,(H,11,12);2-5H,1H3,(H,9,10);1H,2H2,(H,7,8)(H,9,10)(H,11,12);2*3H,1-2H3,(H,8,9);2,4H,3H2,1H3,(H,8,9);2-3H,1H3,(H,7,8)/b;4-2+,5-3+;3-1-;4-3+;4-3-;4-2+;3-2-. The van der Waals surface area contributed by atoms with Crippen LogP contribution in [0.4, 0.5) is 0 Å². The topological polar surface area (TPSA) is 438 Å². The number of aromatic carboxylic acids is 1. The van der Waals surface area contributed by atoms with E-state index in [0.29, 0.717) is 11.6 Å². The predicted molar refractivity (Wildman–Crippen MR) is 239 cm³/mol. The molecule has 0 aliphatic rings. The predicted octanol–water partition coefficient (Wildman–Crippen LogP) is 3.95. The molecule has 0 aliphatic carbocycles. The van der Waals surface area contributed by atoms with E-state index in [0.717, 1.165) is 36.5 Å². The normalized spacial score (nSPS) is 10.4. The van der Waals surface area contributed by atoms with Gasteiger partial charge in [-0.2, -0.15) is 0 Å². The van der Waals surface area contributed by atoms with Crippen molar-refractivity contribution in [3.8, 4) is 0 Å². The van der Waals surface area contributed by atoms with Crippen LogP contribution in [0.2, 0.25) is 0 Å². The van der Waals surface area contributed by atoms with Gasteiger partial charge in [0.25, 0.3) is 0 Å². The van der Waals surface area contributed by atoms with Crippen molar-refractivity contribution in [1.82, 2.24) is 0 Å². The van der Waals surface area contributed by atoms with Crippen LogP contribution in [-0.4, -0.2) is 134 Å². The summed E-state index contributed by atoms with van der Waals surface area (Å²) in [6, 6.07) is 5.84. The van der Waals surface area contributed by atoms with E-state index in [1.807, 2.05) is 0 Å². The largest absolute Gasteiger partial charge is 0.481 e. The highest BCUT2D eigenvalue weighted by atomic mass is 16.4. The highest BCUT2D eigenvalue weighted by Gasteiger charge is 2.13. The lowest BCUT2D eigenvalue weighted by Gasteiger charge is -1.95. The number of carbonyl (C=O) groups excluding carboxylic acids is 6. The van der Waals surface area contributed by atoms with E-state index in [2.05, 4.69) is 0 Å². The van der Waals surface area contributed by atoms with Gasteiger partial charge in [0.15, 0.2) is 28.9 Å². The Morgan fingerprint density at radius 1 is 0.406 bits per heavy atom. The van der Waals surface area contributed by atoms with Crippen molar-refractivity contribution in [1.29, 1.82) is 0 Å². The summed E-state index contributed by atoms with van der Waals surface area (Å²) in [6.07, 6.45) is 10.9. The molecule has 0 radical (unpaired) electrons. The van der Waals surface area contributed by atoms with E-state index >= 15 is 0 Å². The number of carboxylic acid groups (broad SMARTS) is 9. The van der Waals surface area contributed by atoms with E-state index in [1.54, 1.807) is 0 Å². The fraction of sp³-hybridized carbons (Fsp3) is 0.222. The summed E-state index contributed by atoms with van der Waals surface area (Å²) in [5.41, 5.74) is 0.208. The number of carboxylic acids is 9. The van der Waals surface area contributed by atoms with Gasteiger partial charge in [-0.3, -0.25) is 33.6 Å². The molecule has 0 amide bonds. The summed E-state index contributed by atoms with van der Waals surface area (Å²) >= 11 is 0. The zero-order valence-electron chi connectivity index (χ0n) is 38.2. The van der Waals surface area contributed by atoms with Crippen LogP contribution in [-0.2, 0) is 62.3 Å². The van der Waals surface area contributed by atoms with Crippen molar-refractivity contribution < 1.29 is 118 Å². The van der Waals surface area contributed by atoms with Gasteiger partial charge < -0.3 is 46.0 Å². The van der Waals surface area contributed by atoms with Gasteiger partial charge >= 0.3 is 53.7 Å². The van der Waals surface area contributed by atoms with Crippen molar-refractivity contribution in [3.05, 3.63) is 119 Å². The summed E-state index contributed by atoms with van der Waals surface area (Å²) in [7, 11) is 0. The number of carbonyl (C=O) groups is 15. The first-order valence-electron chi connectivity index (χ1n) is 18.5. The zero-order valence-corrected chi connectivity index (χ0v) is 38.2. The molecular formula is C45H52O24. The minimum Gasteiger partial charge on any atom is -0.481 e. The highest BCUT2D eigenvalue weighted by molar-refractivity contribution is 5.99. The molecule has 1 rings (SSSR count). The summed E-state index contributed by atoms with van der Waals surface area (Å²) in [5.74, 6) is -11.6. The van der Waals surface area contributed by atoms with Crippen LogP contribution in [0.3, 0.4) is 0 Å². The van der Waals surface area contributed by atoms with Gasteiger partial charge in [0.2, 0.25) is 0 Å². The van der Waals surface area contributed by atoms with Crippen LogP contribution in [0.1, 0.15) is 88.9 Å².